The molecule has 1 aromatic heterocycles. The first-order valence-corrected chi connectivity index (χ1v) is 9.74. The van der Waals surface area contributed by atoms with Gasteiger partial charge in [0.2, 0.25) is 0 Å². The van der Waals surface area contributed by atoms with Crippen molar-refractivity contribution in [2.24, 2.45) is 7.05 Å². The van der Waals surface area contributed by atoms with Gasteiger partial charge in [0, 0.05) is 32.4 Å². The van der Waals surface area contributed by atoms with Gasteiger partial charge in [-0.2, -0.15) is 0 Å². The minimum atomic E-state index is -0.855. The first kappa shape index (κ1) is 18.7. The molecule has 4 rings (SSSR count). The molecule has 0 saturated carbocycles. The van der Waals surface area contributed by atoms with Crippen molar-refractivity contribution in [2.45, 2.75) is 32.4 Å². The predicted octanol–water partition coefficient (Wildman–Crippen LogP) is 2.89. The van der Waals surface area contributed by atoms with Crippen molar-refractivity contribution in [1.29, 1.82) is 0 Å². The lowest BCUT2D eigenvalue weighted by Crippen LogP contribution is -2.32. The molecule has 2 heterocycles. The highest BCUT2D eigenvalue weighted by Gasteiger charge is 2.39. The molecule has 0 bridgehead atoms. The average molecular weight is 377 g/mol. The van der Waals surface area contributed by atoms with Crippen LogP contribution in [0.2, 0.25) is 0 Å². The van der Waals surface area contributed by atoms with E-state index in [0.29, 0.717) is 19.5 Å². The van der Waals surface area contributed by atoms with E-state index >= 15 is 0 Å². The number of aromatic nitrogens is 2. The minimum absolute atomic E-state index is 0.0116. The molecule has 5 nitrogen and oxygen atoms in total. The maximum atomic E-state index is 13.1. The summed E-state index contributed by atoms with van der Waals surface area (Å²) < 4.78 is 3.63. The summed E-state index contributed by atoms with van der Waals surface area (Å²) in [6, 6.07) is 17.7. The fourth-order valence-electron chi connectivity index (χ4n) is 4.35. The average Bonchev–Trinajstić information content (AvgIpc) is 3.17. The zero-order valence-corrected chi connectivity index (χ0v) is 16.7. The van der Waals surface area contributed by atoms with Crippen LogP contribution < -0.4 is 5.56 Å². The van der Waals surface area contributed by atoms with Crippen molar-refractivity contribution in [1.82, 2.24) is 14.3 Å². The van der Waals surface area contributed by atoms with Crippen LogP contribution in [0.15, 0.2) is 59.4 Å². The van der Waals surface area contributed by atoms with Crippen LogP contribution in [-0.4, -0.2) is 32.5 Å². The topological polar surface area (TPSA) is 50.4 Å². The Labute approximate surface area is 165 Å². The normalized spacial score (nSPS) is 20.0. The summed E-state index contributed by atoms with van der Waals surface area (Å²) in [5, 5.41) is 11.2. The zero-order chi connectivity index (χ0) is 19.9. The minimum Gasteiger partial charge on any atom is -0.384 e. The van der Waals surface area contributed by atoms with Gasteiger partial charge < -0.3 is 5.11 Å². The van der Waals surface area contributed by atoms with E-state index < -0.39 is 5.60 Å². The molecule has 5 heteroatoms. The molecule has 1 aliphatic rings. The van der Waals surface area contributed by atoms with Crippen LogP contribution in [0.5, 0.6) is 0 Å². The van der Waals surface area contributed by atoms with Crippen LogP contribution in [0.3, 0.4) is 0 Å². The number of hydrogen-bond acceptors (Lipinski definition) is 3. The van der Waals surface area contributed by atoms with Gasteiger partial charge in [-0.3, -0.25) is 14.4 Å². The first-order valence-electron chi connectivity index (χ1n) is 9.74. The first-order chi connectivity index (χ1) is 13.4. The van der Waals surface area contributed by atoms with Gasteiger partial charge in [-0.1, -0.05) is 42.5 Å². The van der Waals surface area contributed by atoms with E-state index in [-0.39, 0.29) is 5.56 Å². The number of likely N-dealkylation sites (tertiary alicyclic amines) is 1. The molecule has 0 aliphatic carbocycles. The second kappa shape index (κ2) is 7.08. The Hall–Kier alpha value is -2.63. The molecule has 3 aromatic rings. The van der Waals surface area contributed by atoms with E-state index in [4.69, 9.17) is 0 Å². The van der Waals surface area contributed by atoms with Crippen LogP contribution in [0, 0.1) is 13.8 Å². The summed E-state index contributed by atoms with van der Waals surface area (Å²) >= 11 is 0. The fraction of sp³-hybridized carbons (Fsp3) is 0.348. The summed E-state index contributed by atoms with van der Waals surface area (Å²) in [5.74, 6) is 0. The Morgan fingerprint density at radius 3 is 2.43 bits per heavy atom. The number of nitrogens with zero attached hydrogens (tertiary/aromatic N) is 3. The number of rotatable bonds is 4. The molecule has 1 aliphatic heterocycles. The van der Waals surface area contributed by atoms with E-state index in [0.717, 1.165) is 34.6 Å². The third kappa shape index (κ3) is 3.11. The van der Waals surface area contributed by atoms with Crippen LogP contribution in [0.25, 0.3) is 5.69 Å². The van der Waals surface area contributed by atoms with Gasteiger partial charge in [-0.05, 0) is 43.5 Å². The lowest BCUT2D eigenvalue weighted by Gasteiger charge is -2.25. The molecule has 1 fully saturated rings. The number of para-hydroxylation sites is 1. The molecule has 1 saturated heterocycles. The summed E-state index contributed by atoms with van der Waals surface area (Å²) in [6.45, 7) is 5.88. The third-order valence-electron chi connectivity index (χ3n) is 6.03. The molecule has 28 heavy (non-hydrogen) atoms. The summed E-state index contributed by atoms with van der Waals surface area (Å²) in [5.41, 5.74) is 3.87. The quantitative estimate of drug-likeness (QED) is 0.761. The second-order valence-electron chi connectivity index (χ2n) is 7.85. The fourth-order valence-corrected chi connectivity index (χ4v) is 4.35. The van der Waals surface area contributed by atoms with Gasteiger partial charge in [0.25, 0.3) is 5.56 Å². The molecular formula is C23H27N3O2. The largest absolute Gasteiger partial charge is 0.384 e. The molecule has 1 unspecified atom stereocenters. The Bertz CT molecular complexity index is 1050. The number of hydrogen-bond donors (Lipinski definition) is 1. The van der Waals surface area contributed by atoms with Crippen molar-refractivity contribution in [2.75, 3.05) is 13.1 Å². The number of benzene rings is 2. The van der Waals surface area contributed by atoms with Crippen molar-refractivity contribution in [3.63, 3.8) is 0 Å². The van der Waals surface area contributed by atoms with E-state index in [1.165, 1.54) is 0 Å². The Kier molecular flexibility index (Phi) is 4.73. The third-order valence-corrected chi connectivity index (χ3v) is 6.03. The standard InChI is InChI=1S/C23H27N3O2/c1-17-9-7-8-12-21(17)23(28)13-14-25(16-23)15-20-18(2)24(3)26(22(20)27)19-10-5-4-6-11-19/h4-12,28H,13-16H2,1-3H3. The van der Waals surface area contributed by atoms with Gasteiger partial charge >= 0.3 is 0 Å². The number of aliphatic hydroxyl groups is 1. The van der Waals surface area contributed by atoms with Crippen molar-refractivity contribution in [3.05, 3.63) is 87.3 Å². The van der Waals surface area contributed by atoms with E-state index in [1.807, 2.05) is 80.2 Å². The lowest BCUT2D eigenvalue weighted by molar-refractivity contribution is 0.0446. The Morgan fingerprint density at radius 2 is 1.71 bits per heavy atom. The Balaban J connectivity index is 1.61. The van der Waals surface area contributed by atoms with E-state index in [9.17, 15) is 9.90 Å². The molecule has 0 radical (unpaired) electrons. The monoisotopic (exact) mass is 377 g/mol. The van der Waals surface area contributed by atoms with Crippen molar-refractivity contribution in [3.8, 4) is 5.69 Å². The highest BCUT2D eigenvalue weighted by molar-refractivity contribution is 5.34. The maximum absolute atomic E-state index is 13.1. The SMILES string of the molecule is Cc1ccccc1C1(O)CCN(Cc2c(C)n(C)n(-c3ccccc3)c2=O)C1. The second-order valence-corrected chi connectivity index (χ2v) is 7.85. The molecular weight excluding hydrogens is 350 g/mol. The van der Waals surface area contributed by atoms with Crippen LogP contribution in [0.4, 0.5) is 0 Å². The number of aryl methyl sites for hydroxylation is 1. The van der Waals surface area contributed by atoms with E-state index in [1.54, 1.807) is 4.68 Å². The van der Waals surface area contributed by atoms with Gasteiger partial charge in [0.1, 0.15) is 5.60 Å². The van der Waals surface area contributed by atoms with Gasteiger partial charge in [-0.15, -0.1) is 0 Å². The van der Waals surface area contributed by atoms with Gasteiger partial charge in [0.05, 0.1) is 11.3 Å². The van der Waals surface area contributed by atoms with Crippen LogP contribution in [0.1, 0.15) is 28.8 Å². The smallest absolute Gasteiger partial charge is 0.276 e. The maximum Gasteiger partial charge on any atom is 0.276 e. The van der Waals surface area contributed by atoms with Crippen molar-refractivity contribution >= 4 is 0 Å². The van der Waals surface area contributed by atoms with Crippen LogP contribution in [-0.2, 0) is 19.2 Å². The highest BCUT2D eigenvalue weighted by Crippen LogP contribution is 2.34. The van der Waals surface area contributed by atoms with Crippen molar-refractivity contribution < 1.29 is 5.11 Å². The Morgan fingerprint density at radius 1 is 1.04 bits per heavy atom. The predicted molar refractivity (Wildman–Crippen MR) is 111 cm³/mol. The molecule has 146 valence electrons. The summed E-state index contributed by atoms with van der Waals surface area (Å²) in [6.07, 6.45) is 0.677. The molecule has 0 amide bonds. The van der Waals surface area contributed by atoms with Crippen LogP contribution >= 0.6 is 0 Å². The highest BCUT2D eigenvalue weighted by atomic mass is 16.3. The molecule has 2 aromatic carbocycles. The van der Waals surface area contributed by atoms with Gasteiger partial charge in [0.15, 0.2) is 0 Å². The molecule has 1 atom stereocenters. The number of β-amino-alcohol motifs (C(OH)–C–C–N with tert-alkyl or cyclic N) is 1. The molecule has 1 N–H and O–H groups in total. The lowest BCUT2D eigenvalue weighted by atomic mass is 9.89. The summed E-state index contributed by atoms with van der Waals surface area (Å²) in [7, 11) is 1.92. The molecule has 0 spiro atoms. The summed E-state index contributed by atoms with van der Waals surface area (Å²) in [4.78, 5) is 15.3. The van der Waals surface area contributed by atoms with E-state index in [2.05, 4.69) is 4.90 Å². The zero-order valence-electron chi connectivity index (χ0n) is 16.7. The van der Waals surface area contributed by atoms with Gasteiger partial charge in [-0.25, -0.2) is 4.68 Å².